The van der Waals surface area contributed by atoms with Gasteiger partial charge >= 0.3 is 0 Å². The van der Waals surface area contributed by atoms with Gasteiger partial charge in [-0.2, -0.15) is 4.98 Å². The molecule has 0 bridgehead atoms. The van der Waals surface area contributed by atoms with Crippen LogP contribution in [0.3, 0.4) is 0 Å². The van der Waals surface area contributed by atoms with Gasteiger partial charge in [-0.25, -0.2) is 4.98 Å². The van der Waals surface area contributed by atoms with Gasteiger partial charge in [0.15, 0.2) is 5.76 Å². The highest BCUT2D eigenvalue weighted by Gasteiger charge is 2.31. The van der Waals surface area contributed by atoms with Gasteiger partial charge < -0.3 is 29.7 Å². The second kappa shape index (κ2) is 10.9. The molecule has 1 aromatic rings. The molecule has 1 aromatic heterocycles. The Morgan fingerprint density at radius 3 is 2.68 bits per heavy atom. The zero-order valence-corrected chi connectivity index (χ0v) is 20.2. The molecule has 2 saturated heterocycles. The molecule has 2 fully saturated rings. The Morgan fingerprint density at radius 1 is 1.24 bits per heavy atom. The largest absolute Gasteiger partial charge is 0.498 e. The molecule has 184 valence electrons. The molecule has 9 nitrogen and oxygen atoms in total. The van der Waals surface area contributed by atoms with Crippen molar-refractivity contribution >= 4 is 30.3 Å². The number of anilines is 2. The fraction of sp³-hybridized carbons (Fsp3) is 0.560. The first-order chi connectivity index (χ1) is 16.5. The van der Waals surface area contributed by atoms with E-state index in [1.54, 1.807) is 7.11 Å². The number of nitrogens with zero attached hydrogens (tertiary/aromatic N) is 4. The minimum Gasteiger partial charge on any atom is -0.498 e. The summed E-state index contributed by atoms with van der Waals surface area (Å²) in [4.78, 5) is 25.8. The highest BCUT2D eigenvalue weighted by atomic mass is 16.5. The number of nitrogen functional groups attached to an aromatic ring is 1. The molecule has 3 aliphatic rings. The number of hydrogen-bond acceptors (Lipinski definition) is 8. The van der Waals surface area contributed by atoms with E-state index in [0.717, 1.165) is 32.1 Å². The van der Waals surface area contributed by atoms with Crippen molar-refractivity contribution in [1.82, 2.24) is 14.9 Å². The van der Waals surface area contributed by atoms with Gasteiger partial charge in [-0.05, 0) is 32.6 Å². The van der Waals surface area contributed by atoms with Gasteiger partial charge in [-0.15, -0.1) is 0 Å². The maximum absolute atomic E-state index is 12.7. The van der Waals surface area contributed by atoms with Crippen molar-refractivity contribution in [3.63, 3.8) is 0 Å². The van der Waals surface area contributed by atoms with E-state index in [4.69, 9.17) is 24.9 Å². The summed E-state index contributed by atoms with van der Waals surface area (Å²) in [6.45, 7) is 9.05. The SMILES string of the molecule is C=c1c(N)nc(N2CCN(C(=O)C3CCCO3)CC2)nc1=CC(OC1CC=CCC1)=C(C)OC. The summed E-state index contributed by atoms with van der Waals surface area (Å²) in [6.07, 6.45) is 10.5. The van der Waals surface area contributed by atoms with Crippen molar-refractivity contribution in [2.45, 2.75) is 51.2 Å². The number of rotatable bonds is 6. The zero-order valence-electron chi connectivity index (χ0n) is 20.2. The van der Waals surface area contributed by atoms with Gasteiger partial charge in [0.1, 0.15) is 23.8 Å². The van der Waals surface area contributed by atoms with Gasteiger partial charge in [-0.1, -0.05) is 18.7 Å². The molecule has 3 heterocycles. The van der Waals surface area contributed by atoms with E-state index in [1.165, 1.54) is 0 Å². The number of ether oxygens (including phenoxy) is 3. The third-order valence-electron chi connectivity index (χ3n) is 6.57. The molecule has 2 unspecified atom stereocenters. The number of aromatic nitrogens is 2. The third-order valence-corrected chi connectivity index (χ3v) is 6.57. The molecule has 2 aliphatic heterocycles. The van der Waals surface area contributed by atoms with Crippen LogP contribution in [0.2, 0.25) is 0 Å². The Kier molecular flexibility index (Phi) is 7.72. The lowest BCUT2D eigenvalue weighted by molar-refractivity contribution is -0.141. The van der Waals surface area contributed by atoms with Gasteiger partial charge in [0.25, 0.3) is 5.91 Å². The standard InChI is InChI=1S/C25H35N5O4/c1-17-20(16-22(18(2)32-3)34-19-8-5-4-6-9-19)27-25(28-23(17)26)30-13-11-29(12-14-30)24(31)21-10-7-15-33-21/h4-5,16,19,21H,1,6-15H2,2-3H3,(H2,26,27,28). The quantitative estimate of drug-likeness (QED) is 0.488. The minimum atomic E-state index is -0.293. The lowest BCUT2D eigenvalue weighted by Gasteiger charge is -2.35. The van der Waals surface area contributed by atoms with E-state index in [1.807, 2.05) is 22.8 Å². The van der Waals surface area contributed by atoms with Crippen LogP contribution in [0.4, 0.5) is 11.8 Å². The topological polar surface area (TPSA) is 103 Å². The minimum absolute atomic E-state index is 0.0826. The predicted octanol–water partition coefficient (Wildman–Crippen LogP) is 1.08. The van der Waals surface area contributed by atoms with E-state index in [-0.39, 0.29) is 18.1 Å². The number of methoxy groups -OCH3 is 1. The summed E-state index contributed by atoms with van der Waals surface area (Å²) in [5.74, 6) is 2.21. The summed E-state index contributed by atoms with van der Waals surface area (Å²) >= 11 is 0. The molecule has 1 amide bonds. The lowest BCUT2D eigenvalue weighted by atomic mass is 10.0. The smallest absolute Gasteiger partial charge is 0.251 e. The van der Waals surface area contributed by atoms with E-state index < -0.39 is 0 Å². The average Bonchev–Trinajstić information content (AvgIpc) is 3.41. The van der Waals surface area contributed by atoms with Gasteiger partial charge in [-0.3, -0.25) is 4.79 Å². The van der Waals surface area contributed by atoms with Crippen LogP contribution in [-0.4, -0.2) is 72.9 Å². The van der Waals surface area contributed by atoms with Crippen LogP contribution < -0.4 is 21.2 Å². The van der Waals surface area contributed by atoms with Crippen LogP contribution in [0.1, 0.15) is 39.0 Å². The molecular weight excluding hydrogens is 434 g/mol. The summed E-state index contributed by atoms with van der Waals surface area (Å²) < 4.78 is 17.3. The van der Waals surface area contributed by atoms with E-state index in [9.17, 15) is 4.79 Å². The van der Waals surface area contributed by atoms with Crippen molar-refractivity contribution in [3.05, 3.63) is 34.2 Å². The summed E-state index contributed by atoms with van der Waals surface area (Å²) in [6, 6.07) is 0. The zero-order chi connectivity index (χ0) is 24.1. The van der Waals surface area contributed by atoms with Crippen molar-refractivity contribution in [1.29, 1.82) is 0 Å². The third kappa shape index (κ3) is 5.52. The van der Waals surface area contributed by atoms with Crippen molar-refractivity contribution in [2.75, 3.05) is 50.5 Å². The van der Waals surface area contributed by atoms with Crippen LogP contribution in [-0.2, 0) is 19.0 Å². The van der Waals surface area contributed by atoms with E-state index in [2.05, 4.69) is 23.7 Å². The monoisotopic (exact) mass is 469 g/mol. The average molecular weight is 470 g/mol. The van der Waals surface area contributed by atoms with Crippen molar-refractivity contribution < 1.29 is 19.0 Å². The summed E-state index contributed by atoms with van der Waals surface area (Å²) in [5, 5.41) is 1.14. The first kappa shape index (κ1) is 24.1. The fourth-order valence-corrected chi connectivity index (χ4v) is 4.37. The molecule has 1 aliphatic carbocycles. The van der Waals surface area contributed by atoms with Crippen molar-refractivity contribution in [2.24, 2.45) is 0 Å². The highest BCUT2D eigenvalue weighted by molar-refractivity contribution is 5.81. The number of amides is 1. The number of piperazine rings is 1. The first-order valence-electron chi connectivity index (χ1n) is 12.0. The Bertz CT molecular complexity index is 1060. The Morgan fingerprint density at radius 2 is 2.03 bits per heavy atom. The molecule has 0 aromatic carbocycles. The number of carbonyl (C=O) groups is 1. The number of hydrogen-bond donors (Lipinski definition) is 1. The Hall–Kier alpha value is -3.07. The maximum Gasteiger partial charge on any atom is 0.251 e. The summed E-state index contributed by atoms with van der Waals surface area (Å²) in [5.41, 5.74) is 6.22. The van der Waals surface area contributed by atoms with E-state index >= 15 is 0 Å². The van der Waals surface area contributed by atoms with Gasteiger partial charge in [0.05, 0.1) is 12.5 Å². The van der Waals surface area contributed by atoms with Gasteiger partial charge in [0.2, 0.25) is 5.95 Å². The first-order valence-corrected chi connectivity index (χ1v) is 12.0. The lowest BCUT2D eigenvalue weighted by Crippen LogP contribution is -2.52. The molecule has 4 rings (SSSR count). The van der Waals surface area contributed by atoms with Crippen LogP contribution in [0.15, 0.2) is 23.7 Å². The second-order valence-corrected chi connectivity index (χ2v) is 8.88. The predicted molar refractivity (Wildman–Crippen MR) is 131 cm³/mol. The molecule has 2 atom stereocenters. The van der Waals surface area contributed by atoms with Gasteiger partial charge in [0, 0.05) is 50.5 Å². The molecule has 2 N–H and O–H groups in total. The maximum atomic E-state index is 12.7. The second-order valence-electron chi connectivity index (χ2n) is 8.88. The van der Waals surface area contributed by atoms with Crippen LogP contribution >= 0.6 is 0 Å². The van der Waals surface area contributed by atoms with Crippen LogP contribution in [0.5, 0.6) is 0 Å². The molecule has 0 spiro atoms. The number of nitrogens with two attached hydrogens (primary N) is 1. The molecular formula is C25H35N5O4. The van der Waals surface area contributed by atoms with Crippen molar-refractivity contribution in [3.8, 4) is 0 Å². The van der Waals surface area contributed by atoms with Crippen LogP contribution in [0.25, 0.3) is 12.7 Å². The van der Waals surface area contributed by atoms with Crippen LogP contribution in [0, 0.1) is 0 Å². The molecule has 34 heavy (non-hydrogen) atoms. The Labute approximate surface area is 200 Å². The molecule has 9 heteroatoms. The molecule has 0 saturated carbocycles. The fourth-order valence-electron chi connectivity index (χ4n) is 4.37. The molecule has 0 radical (unpaired) electrons. The Balaban J connectivity index is 1.53. The highest BCUT2D eigenvalue weighted by Crippen LogP contribution is 2.21. The number of allylic oxidation sites excluding steroid dienone is 3. The number of carbonyl (C=O) groups excluding carboxylic acids is 1. The van der Waals surface area contributed by atoms with E-state index in [0.29, 0.717) is 66.6 Å². The normalized spacial score (nSPS) is 24.2. The summed E-state index contributed by atoms with van der Waals surface area (Å²) in [7, 11) is 1.62.